The van der Waals surface area contributed by atoms with Crippen LogP contribution in [-0.4, -0.2) is 11.5 Å². The average Bonchev–Trinajstić information content (AvgIpc) is 2.17. The second-order valence-corrected chi connectivity index (χ2v) is 2.66. The third-order valence-corrected chi connectivity index (χ3v) is 1.66. The molecule has 0 saturated heterocycles. The Morgan fingerprint density at radius 3 is 2.92 bits per heavy atom. The van der Waals surface area contributed by atoms with E-state index in [-0.39, 0.29) is 0 Å². The number of rotatable bonds is 5. The molecule has 0 spiro atoms. The molecule has 0 saturated carbocycles. The zero-order chi connectivity index (χ0) is 9.52. The maximum atomic E-state index is 4.25. The molecule has 1 aromatic rings. The summed E-state index contributed by atoms with van der Waals surface area (Å²) in [4.78, 5) is 4.25. The van der Waals surface area contributed by atoms with Gasteiger partial charge in [-0.25, -0.2) is 0 Å². The van der Waals surface area contributed by atoms with Crippen molar-refractivity contribution in [2.75, 3.05) is 11.9 Å². The second-order valence-electron chi connectivity index (χ2n) is 2.66. The van der Waals surface area contributed by atoms with E-state index in [0.29, 0.717) is 0 Å². The number of hydrogen-bond acceptors (Lipinski definition) is 2. The van der Waals surface area contributed by atoms with Crippen LogP contribution in [0.1, 0.15) is 5.69 Å². The van der Waals surface area contributed by atoms with E-state index in [0.717, 1.165) is 24.3 Å². The van der Waals surface area contributed by atoms with Crippen molar-refractivity contribution in [3.05, 3.63) is 49.3 Å². The van der Waals surface area contributed by atoms with E-state index < -0.39 is 0 Å². The van der Waals surface area contributed by atoms with Gasteiger partial charge in [0.05, 0.1) is 11.4 Å². The molecule has 1 N–H and O–H groups in total. The predicted octanol–water partition coefficient (Wildman–Crippen LogP) is 2.41. The van der Waals surface area contributed by atoms with E-state index >= 15 is 0 Å². The van der Waals surface area contributed by atoms with E-state index in [1.54, 1.807) is 6.20 Å². The lowest BCUT2D eigenvalue weighted by Gasteiger charge is -2.07. The molecule has 1 heterocycles. The van der Waals surface area contributed by atoms with Crippen LogP contribution >= 0.6 is 0 Å². The molecule has 2 nitrogen and oxygen atoms in total. The molecule has 0 atom stereocenters. The largest absolute Gasteiger partial charge is 0.380 e. The lowest BCUT2D eigenvalue weighted by Crippen LogP contribution is -2.02. The van der Waals surface area contributed by atoms with Gasteiger partial charge in [0, 0.05) is 19.2 Å². The van der Waals surface area contributed by atoms with E-state index in [4.69, 9.17) is 0 Å². The first-order valence-electron chi connectivity index (χ1n) is 4.28. The second kappa shape index (κ2) is 5.14. The van der Waals surface area contributed by atoms with Crippen molar-refractivity contribution in [1.82, 2.24) is 4.98 Å². The molecule has 0 radical (unpaired) electrons. The van der Waals surface area contributed by atoms with Crippen LogP contribution in [0, 0.1) is 0 Å². The number of hydrogen-bond donors (Lipinski definition) is 1. The smallest absolute Gasteiger partial charge is 0.0672 e. The summed E-state index contributed by atoms with van der Waals surface area (Å²) in [5, 5.41) is 3.22. The summed E-state index contributed by atoms with van der Waals surface area (Å²) in [6.07, 6.45) is 6.25. The summed E-state index contributed by atoms with van der Waals surface area (Å²) in [6.45, 7) is 8.10. The van der Waals surface area contributed by atoms with Gasteiger partial charge in [0.1, 0.15) is 0 Å². The predicted molar refractivity (Wildman–Crippen MR) is 56.8 cm³/mol. The summed E-state index contributed by atoms with van der Waals surface area (Å²) in [7, 11) is 0. The van der Waals surface area contributed by atoms with Crippen LogP contribution in [0.15, 0.2) is 43.6 Å². The molecule has 13 heavy (non-hydrogen) atoms. The molecule has 1 aromatic heterocycles. The van der Waals surface area contributed by atoms with Gasteiger partial charge in [-0.05, 0) is 12.1 Å². The van der Waals surface area contributed by atoms with Gasteiger partial charge in [0.2, 0.25) is 0 Å². The third-order valence-electron chi connectivity index (χ3n) is 1.66. The van der Waals surface area contributed by atoms with Gasteiger partial charge in [-0.2, -0.15) is 0 Å². The lowest BCUT2D eigenvalue weighted by molar-refractivity contribution is 1.10. The molecular weight excluding hydrogens is 160 g/mol. The molecule has 1 rings (SSSR count). The monoisotopic (exact) mass is 174 g/mol. The third kappa shape index (κ3) is 2.75. The van der Waals surface area contributed by atoms with Crippen LogP contribution in [-0.2, 0) is 6.42 Å². The summed E-state index contributed by atoms with van der Waals surface area (Å²) in [6, 6.07) is 3.92. The SMILES string of the molecule is C=CCNc1cccnc1CC=C. The molecule has 2 heteroatoms. The van der Waals surface area contributed by atoms with Crippen molar-refractivity contribution in [1.29, 1.82) is 0 Å². The number of nitrogens with one attached hydrogen (secondary N) is 1. The first kappa shape index (κ1) is 9.52. The fraction of sp³-hybridized carbons (Fsp3) is 0.182. The van der Waals surface area contributed by atoms with Gasteiger partial charge >= 0.3 is 0 Å². The Labute approximate surface area is 79.0 Å². The Bertz CT molecular complexity index is 292. The number of anilines is 1. The van der Waals surface area contributed by atoms with Crippen molar-refractivity contribution in [3.63, 3.8) is 0 Å². The van der Waals surface area contributed by atoms with Crippen molar-refractivity contribution >= 4 is 5.69 Å². The standard InChI is InChI=1S/C11H14N2/c1-3-6-10-11(12-8-4-2)7-5-9-13-10/h3-5,7,9,12H,1-2,6,8H2. The van der Waals surface area contributed by atoms with Crippen molar-refractivity contribution in [3.8, 4) is 0 Å². The van der Waals surface area contributed by atoms with Gasteiger partial charge < -0.3 is 5.32 Å². The highest BCUT2D eigenvalue weighted by molar-refractivity contribution is 5.48. The molecule has 0 bridgehead atoms. The Morgan fingerprint density at radius 2 is 2.23 bits per heavy atom. The molecule has 0 aliphatic heterocycles. The normalized spacial score (nSPS) is 9.23. The number of allylic oxidation sites excluding steroid dienone is 1. The molecule has 0 aliphatic carbocycles. The first-order chi connectivity index (χ1) is 6.38. The molecule has 0 aliphatic rings. The highest BCUT2D eigenvalue weighted by atomic mass is 14.9. The van der Waals surface area contributed by atoms with Gasteiger partial charge in [0.15, 0.2) is 0 Å². The van der Waals surface area contributed by atoms with Gasteiger partial charge in [0.25, 0.3) is 0 Å². The Balaban J connectivity index is 2.77. The minimum atomic E-state index is 0.760. The Morgan fingerprint density at radius 1 is 1.38 bits per heavy atom. The number of pyridine rings is 1. The van der Waals surface area contributed by atoms with Crippen molar-refractivity contribution in [2.24, 2.45) is 0 Å². The van der Waals surface area contributed by atoms with Crippen LogP contribution < -0.4 is 5.32 Å². The summed E-state index contributed by atoms with van der Waals surface area (Å²) in [5.41, 5.74) is 2.08. The minimum absolute atomic E-state index is 0.760. The molecule has 0 unspecified atom stereocenters. The quantitative estimate of drug-likeness (QED) is 0.693. The molecule has 68 valence electrons. The van der Waals surface area contributed by atoms with Crippen LogP contribution in [0.5, 0.6) is 0 Å². The number of aromatic nitrogens is 1. The van der Waals surface area contributed by atoms with Crippen molar-refractivity contribution in [2.45, 2.75) is 6.42 Å². The first-order valence-corrected chi connectivity index (χ1v) is 4.28. The average molecular weight is 174 g/mol. The van der Waals surface area contributed by atoms with Crippen LogP contribution in [0.3, 0.4) is 0 Å². The molecular formula is C11H14N2. The zero-order valence-corrected chi connectivity index (χ0v) is 7.66. The Hall–Kier alpha value is -1.57. The van der Waals surface area contributed by atoms with Crippen LogP contribution in [0.4, 0.5) is 5.69 Å². The lowest BCUT2D eigenvalue weighted by atomic mass is 10.2. The summed E-state index contributed by atoms with van der Waals surface area (Å²) < 4.78 is 0. The molecule has 0 aromatic carbocycles. The van der Waals surface area contributed by atoms with Gasteiger partial charge in [-0.1, -0.05) is 12.2 Å². The fourth-order valence-electron chi connectivity index (χ4n) is 1.08. The van der Waals surface area contributed by atoms with Crippen LogP contribution in [0.2, 0.25) is 0 Å². The van der Waals surface area contributed by atoms with Gasteiger partial charge in [-0.3, -0.25) is 4.98 Å². The summed E-state index contributed by atoms with van der Waals surface area (Å²) in [5.74, 6) is 0. The highest BCUT2D eigenvalue weighted by Gasteiger charge is 1.98. The topological polar surface area (TPSA) is 24.9 Å². The van der Waals surface area contributed by atoms with E-state index in [2.05, 4.69) is 23.5 Å². The minimum Gasteiger partial charge on any atom is -0.380 e. The van der Waals surface area contributed by atoms with E-state index in [1.807, 2.05) is 24.3 Å². The molecule has 0 fully saturated rings. The Kier molecular flexibility index (Phi) is 3.76. The molecule has 0 amide bonds. The maximum Gasteiger partial charge on any atom is 0.0672 e. The van der Waals surface area contributed by atoms with Crippen LogP contribution in [0.25, 0.3) is 0 Å². The van der Waals surface area contributed by atoms with E-state index in [9.17, 15) is 0 Å². The van der Waals surface area contributed by atoms with E-state index in [1.165, 1.54) is 0 Å². The number of nitrogens with zero attached hydrogens (tertiary/aromatic N) is 1. The zero-order valence-electron chi connectivity index (χ0n) is 7.66. The highest BCUT2D eigenvalue weighted by Crippen LogP contribution is 2.12. The summed E-state index contributed by atoms with van der Waals surface area (Å²) >= 11 is 0. The maximum absolute atomic E-state index is 4.25. The van der Waals surface area contributed by atoms with Crippen molar-refractivity contribution < 1.29 is 0 Å². The fourth-order valence-corrected chi connectivity index (χ4v) is 1.08. The van der Waals surface area contributed by atoms with Gasteiger partial charge in [-0.15, -0.1) is 13.2 Å².